The highest BCUT2D eigenvalue weighted by molar-refractivity contribution is 7.09. The van der Waals surface area contributed by atoms with Crippen LogP contribution in [0.3, 0.4) is 0 Å². The minimum absolute atomic E-state index is 0.512. The summed E-state index contributed by atoms with van der Waals surface area (Å²) < 4.78 is 0. The molecule has 0 spiro atoms. The lowest BCUT2D eigenvalue weighted by molar-refractivity contribution is 0.136. The summed E-state index contributed by atoms with van der Waals surface area (Å²) in [5.74, 6) is 1.00. The van der Waals surface area contributed by atoms with Gasteiger partial charge in [0.1, 0.15) is 0 Å². The molecule has 2 heteroatoms. The summed E-state index contributed by atoms with van der Waals surface area (Å²) in [4.78, 5) is 1.58. The first-order valence-corrected chi connectivity index (χ1v) is 9.77. The summed E-state index contributed by atoms with van der Waals surface area (Å²) in [5, 5.41) is 5.96. The summed E-state index contributed by atoms with van der Waals surface area (Å²) in [6.07, 6.45) is 11.3. The fourth-order valence-electron chi connectivity index (χ4n) is 3.69. The van der Waals surface area contributed by atoms with Crippen molar-refractivity contribution in [1.29, 1.82) is 0 Å². The number of rotatable bonds is 8. The molecular formula is C19H33NS. The molecule has 0 saturated heterocycles. The van der Waals surface area contributed by atoms with Crippen molar-refractivity contribution in [3.63, 3.8) is 0 Å². The van der Waals surface area contributed by atoms with Crippen LogP contribution in [0, 0.1) is 11.3 Å². The van der Waals surface area contributed by atoms with E-state index < -0.39 is 0 Å². The molecule has 1 aromatic heterocycles. The fourth-order valence-corrected chi connectivity index (χ4v) is 4.57. The zero-order valence-electron chi connectivity index (χ0n) is 14.2. The van der Waals surface area contributed by atoms with Gasteiger partial charge in [-0.25, -0.2) is 0 Å². The second-order valence-corrected chi connectivity index (χ2v) is 8.41. The van der Waals surface area contributed by atoms with E-state index in [9.17, 15) is 0 Å². The van der Waals surface area contributed by atoms with Crippen molar-refractivity contribution in [2.45, 2.75) is 78.2 Å². The van der Waals surface area contributed by atoms with Gasteiger partial charge >= 0.3 is 0 Å². The van der Waals surface area contributed by atoms with Crippen LogP contribution in [0.4, 0.5) is 0 Å². The van der Waals surface area contributed by atoms with Crippen LogP contribution in [0.25, 0.3) is 0 Å². The predicted molar refractivity (Wildman–Crippen MR) is 95.1 cm³/mol. The Morgan fingerprint density at radius 3 is 2.67 bits per heavy atom. The van der Waals surface area contributed by atoms with Gasteiger partial charge in [-0.05, 0) is 54.9 Å². The summed E-state index contributed by atoms with van der Waals surface area (Å²) in [5.41, 5.74) is 0.512. The first kappa shape index (κ1) is 17.0. The largest absolute Gasteiger partial charge is 0.314 e. The van der Waals surface area contributed by atoms with Crippen molar-refractivity contribution >= 4 is 11.3 Å². The lowest BCUT2D eigenvalue weighted by atomic mass is 9.67. The summed E-state index contributed by atoms with van der Waals surface area (Å²) in [6.45, 7) is 8.05. The topological polar surface area (TPSA) is 12.0 Å². The number of nitrogens with one attached hydrogen (secondary N) is 1. The Labute approximate surface area is 135 Å². The minimum Gasteiger partial charge on any atom is -0.314 e. The van der Waals surface area contributed by atoms with Crippen molar-refractivity contribution < 1.29 is 0 Å². The lowest BCUT2D eigenvalue weighted by Crippen LogP contribution is -2.41. The number of hydrogen-bond acceptors (Lipinski definition) is 2. The Bertz CT molecular complexity index is 374. The third-order valence-corrected chi connectivity index (χ3v) is 6.02. The van der Waals surface area contributed by atoms with Crippen molar-refractivity contribution in [2.75, 3.05) is 6.54 Å². The zero-order chi connectivity index (χ0) is 15.1. The van der Waals surface area contributed by atoms with Crippen molar-refractivity contribution in [1.82, 2.24) is 5.32 Å². The Kier molecular flexibility index (Phi) is 6.75. The van der Waals surface area contributed by atoms with Gasteiger partial charge in [0, 0.05) is 17.5 Å². The first-order valence-electron chi connectivity index (χ1n) is 8.89. The molecule has 120 valence electrons. The van der Waals surface area contributed by atoms with E-state index in [1.807, 2.05) is 11.3 Å². The molecule has 1 nitrogen and oxygen atoms in total. The van der Waals surface area contributed by atoms with E-state index in [-0.39, 0.29) is 0 Å². The van der Waals surface area contributed by atoms with Gasteiger partial charge in [-0.3, -0.25) is 0 Å². The van der Waals surface area contributed by atoms with E-state index in [1.165, 1.54) is 57.9 Å². The van der Waals surface area contributed by atoms with Gasteiger partial charge < -0.3 is 5.32 Å². The maximum absolute atomic E-state index is 3.73. The van der Waals surface area contributed by atoms with E-state index in [4.69, 9.17) is 0 Å². The molecule has 1 N–H and O–H groups in total. The van der Waals surface area contributed by atoms with Gasteiger partial charge in [-0.15, -0.1) is 11.3 Å². The van der Waals surface area contributed by atoms with Crippen LogP contribution in [0.2, 0.25) is 0 Å². The maximum atomic E-state index is 3.73. The molecule has 0 aromatic carbocycles. The molecule has 1 aromatic rings. The van der Waals surface area contributed by atoms with Crippen molar-refractivity contribution in [2.24, 2.45) is 11.3 Å². The number of hydrogen-bond donors (Lipinski definition) is 1. The molecule has 0 aliphatic heterocycles. The normalized spacial score (nSPS) is 26.4. The molecule has 2 rings (SSSR count). The highest BCUT2D eigenvalue weighted by Gasteiger charge is 2.35. The predicted octanol–water partition coefficient (Wildman–Crippen LogP) is 5.66. The maximum Gasteiger partial charge on any atom is 0.00512 e. The zero-order valence-corrected chi connectivity index (χ0v) is 15.0. The molecule has 1 heterocycles. The third-order valence-electron chi connectivity index (χ3n) is 5.15. The monoisotopic (exact) mass is 307 g/mol. The number of unbranched alkanes of at least 4 members (excludes halogenated alkanes) is 1. The Balaban J connectivity index is 1.94. The van der Waals surface area contributed by atoms with Crippen molar-refractivity contribution in [3.8, 4) is 0 Å². The lowest BCUT2D eigenvalue weighted by Gasteiger charge is -2.41. The Morgan fingerprint density at radius 2 is 2.10 bits per heavy atom. The van der Waals surface area contributed by atoms with Crippen LogP contribution >= 0.6 is 11.3 Å². The van der Waals surface area contributed by atoms with Gasteiger partial charge in [-0.1, -0.05) is 46.1 Å². The van der Waals surface area contributed by atoms with Gasteiger partial charge in [0.05, 0.1) is 0 Å². The average molecular weight is 308 g/mol. The molecule has 0 amide bonds. The average Bonchev–Trinajstić information content (AvgIpc) is 2.97. The second-order valence-electron chi connectivity index (χ2n) is 7.38. The SMILES string of the molecule is CCCCC1CCC(CNC(C)C)(Cc2cccs2)CC1. The van der Waals surface area contributed by atoms with Gasteiger partial charge in [0.25, 0.3) is 0 Å². The molecule has 21 heavy (non-hydrogen) atoms. The molecule has 0 radical (unpaired) electrons. The highest BCUT2D eigenvalue weighted by Crippen LogP contribution is 2.43. The van der Waals surface area contributed by atoms with Crippen molar-refractivity contribution in [3.05, 3.63) is 22.4 Å². The molecule has 1 saturated carbocycles. The molecule has 0 bridgehead atoms. The quantitative estimate of drug-likeness (QED) is 0.654. The van der Waals surface area contributed by atoms with Crippen LogP contribution in [0.15, 0.2) is 17.5 Å². The van der Waals surface area contributed by atoms with Gasteiger partial charge in [-0.2, -0.15) is 0 Å². The van der Waals surface area contributed by atoms with Gasteiger partial charge in [0.2, 0.25) is 0 Å². The molecule has 1 fully saturated rings. The Hall–Kier alpha value is -0.340. The van der Waals surface area contributed by atoms with Crippen LogP contribution < -0.4 is 5.32 Å². The fraction of sp³-hybridized carbons (Fsp3) is 0.789. The van der Waals surface area contributed by atoms with Crippen LogP contribution in [-0.4, -0.2) is 12.6 Å². The van der Waals surface area contributed by atoms with Crippen LogP contribution in [-0.2, 0) is 6.42 Å². The third kappa shape index (κ3) is 5.41. The highest BCUT2D eigenvalue weighted by atomic mass is 32.1. The van der Waals surface area contributed by atoms with Crippen LogP contribution in [0.5, 0.6) is 0 Å². The van der Waals surface area contributed by atoms with Crippen LogP contribution in [0.1, 0.15) is 70.6 Å². The van der Waals surface area contributed by atoms with E-state index in [1.54, 1.807) is 4.88 Å². The Morgan fingerprint density at radius 1 is 1.33 bits per heavy atom. The second kappa shape index (κ2) is 8.33. The van der Waals surface area contributed by atoms with E-state index in [2.05, 4.69) is 43.6 Å². The number of thiophene rings is 1. The summed E-state index contributed by atoms with van der Waals surface area (Å²) in [7, 11) is 0. The standard InChI is InChI=1S/C19H33NS/c1-4-5-7-17-9-11-19(12-10-17,15-20-16(2)3)14-18-8-6-13-21-18/h6,8,13,16-17,20H,4-5,7,9-12,14-15H2,1-3H3. The van der Waals surface area contributed by atoms with E-state index in [0.29, 0.717) is 11.5 Å². The molecule has 1 aliphatic carbocycles. The molecule has 0 unspecified atom stereocenters. The molecule has 0 atom stereocenters. The minimum atomic E-state index is 0.512. The van der Waals surface area contributed by atoms with E-state index in [0.717, 1.165) is 5.92 Å². The molecule has 1 aliphatic rings. The molecular weight excluding hydrogens is 274 g/mol. The van der Waals surface area contributed by atoms with E-state index >= 15 is 0 Å². The first-order chi connectivity index (χ1) is 10.1. The summed E-state index contributed by atoms with van der Waals surface area (Å²) in [6, 6.07) is 5.13. The smallest absolute Gasteiger partial charge is 0.00512 e. The summed E-state index contributed by atoms with van der Waals surface area (Å²) >= 11 is 1.94. The van der Waals surface area contributed by atoms with Gasteiger partial charge in [0.15, 0.2) is 0 Å².